The number of nitriles is 1. The van der Waals surface area contributed by atoms with Crippen LogP contribution in [0.2, 0.25) is 0 Å². The van der Waals surface area contributed by atoms with E-state index in [1.165, 1.54) is 0 Å². The fourth-order valence-corrected chi connectivity index (χ4v) is 2.84. The Morgan fingerprint density at radius 1 is 1.04 bits per heavy atom. The topological polar surface area (TPSA) is 69.2 Å². The molecule has 4 nitrogen and oxygen atoms in total. The zero-order valence-electron chi connectivity index (χ0n) is 12.7. The first-order valence-corrected chi connectivity index (χ1v) is 7.57. The number of benzene rings is 2. The first kappa shape index (κ1) is 15.3. The number of hydrogen-bond acceptors (Lipinski definition) is 3. The van der Waals surface area contributed by atoms with Crippen molar-refractivity contribution in [2.75, 3.05) is 13.2 Å². The largest absolute Gasteiger partial charge is 0.396 e. The van der Waals surface area contributed by atoms with Crippen LogP contribution in [0.25, 0.3) is 22.0 Å². The maximum absolute atomic E-state index is 9.34. The third-order valence-electron chi connectivity index (χ3n) is 4.06. The number of rotatable bonds is 5. The van der Waals surface area contributed by atoms with Gasteiger partial charge in [0.25, 0.3) is 0 Å². The van der Waals surface area contributed by atoms with Crippen molar-refractivity contribution in [2.45, 2.75) is 6.54 Å². The van der Waals surface area contributed by atoms with Gasteiger partial charge in [-0.05, 0) is 23.8 Å². The second-order valence-corrected chi connectivity index (χ2v) is 5.64. The summed E-state index contributed by atoms with van der Waals surface area (Å²) in [5.41, 5.74) is 3.72. The van der Waals surface area contributed by atoms with Gasteiger partial charge >= 0.3 is 0 Å². The van der Waals surface area contributed by atoms with E-state index in [0.717, 1.165) is 22.0 Å². The predicted octanol–water partition coefficient (Wildman–Crippen LogP) is 2.78. The van der Waals surface area contributed by atoms with Crippen LogP contribution >= 0.6 is 0 Å². The molecule has 0 atom stereocenters. The predicted molar refractivity (Wildman–Crippen MR) is 89.8 cm³/mol. The zero-order chi connectivity index (χ0) is 16.2. The Labute approximate surface area is 134 Å². The summed E-state index contributed by atoms with van der Waals surface area (Å²) < 4.78 is 2.06. The average Bonchev–Trinajstić information content (AvgIpc) is 2.98. The van der Waals surface area contributed by atoms with Crippen LogP contribution in [0.3, 0.4) is 0 Å². The van der Waals surface area contributed by atoms with Gasteiger partial charge in [0.05, 0.1) is 11.6 Å². The van der Waals surface area contributed by atoms with E-state index in [9.17, 15) is 10.2 Å². The Balaban J connectivity index is 2.12. The fraction of sp³-hybridized carbons (Fsp3) is 0.211. The molecule has 0 unspecified atom stereocenters. The van der Waals surface area contributed by atoms with Gasteiger partial charge in [-0.2, -0.15) is 5.26 Å². The first-order valence-electron chi connectivity index (χ1n) is 7.57. The molecule has 0 saturated heterocycles. The van der Waals surface area contributed by atoms with Crippen LogP contribution < -0.4 is 0 Å². The van der Waals surface area contributed by atoms with E-state index in [0.29, 0.717) is 12.1 Å². The minimum atomic E-state index is -0.191. The van der Waals surface area contributed by atoms with Gasteiger partial charge in [0.15, 0.2) is 0 Å². The third kappa shape index (κ3) is 2.98. The Morgan fingerprint density at radius 2 is 1.83 bits per heavy atom. The highest BCUT2D eigenvalue weighted by atomic mass is 16.3. The molecule has 0 bridgehead atoms. The second-order valence-electron chi connectivity index (χ2n) is 5.64. The lowest BCUT2D eigenvalue weighted by molar-refractivity contribution is 0.138. The lowest BCUT2D eigenvalue weighted by Gasteiger charge is -2.12. The van der Waals surface area contributed by atoms with Crippen LogP contribution in [-0.2, 0) is 6.54 Å². The van der Waals surface area contributed by atoms with E-state index in [2.05, 4.69) is 10.6 Å². The SMILES string of the molecule is N#Cc1cccc(-c2cn(CC(CO)CO)c3ccccc23)c1. The van der Waals surface area contributed by atoms with Crippen molar-refractivity contribution >= 4 is 10.9 Å². The van der Waals surface area contributed by atoms with Crippen LogP contribution in [-0.4, -0.2) is 28.0 Å². The number of para-hydroxylation sites is 1. The Kier molecular flexibility index (Phi) is 4.42. The highest BCUT2D eigenvalue weighted by molar-refractivity contribution is 5.96. The molecule has 0 amide bonds. The third-order valence-corrected chi connectivity index (χ3v) is 4.06. The van der Waals surface area contributed by atoms with E-state index in [-0.39, 0.29) is 19.1 Å². The summed E-state index contributed by atoms with van der Waals surface area (Å²) in [6, 6.07) is 17.7. The summed E-state index contributed by atoms with van der Waals surface area (Å²) in [4.78, 5) is 0. The number of aliphatic hydroxyl groups is 2. The lowest BCUT2D eigenvalue weighted by Crippen LogP contribution is -2.17. The summed E-state index contributed by atoms with van der Waals surface area (Å²) in [6.07, 6.45) is 2.03. The molecule has 1 aromatic heterocycles. The summed E-state index contributed by atoms with van der Waals surface area (Å²) >= 11 is 0. The number of fused-ring (bicyclic) bond motifs is 1. The van der Waals surface area contributed by atoms with Crippen molar-refractivity contribution in [3.63, 3.8) is 0 Å². The number of aliphatic hydroxyl groups excluding tert-OH is 2. The van der Waals surface area contributed by atoms with Crippen LogP contribution in [0.15, 0.2) is 54.7 Å². The molecule has 0 spiro atoms. The minimum Gasteiger partial charge on any atom is -0.396 e. The van der Waals surface area contributed by atoms with Crippen molar-refractivity contribution in [2.24, 2.45) is 5.92 Å². The number of aromatic nitrogens is 1. The summed E-state index contributed by atoms with van der Waals surface area (Å²) in [5.74, 6) is -0.191. The van der Waals surface area contributed by atoms with Crippen molar-refractivity contribution in [1.29, 1.82) is 5.26 Å². The van der Waals surface area contributed by atoms with Crippen molar-refractivity contribution in [3.8, 4) is 17.2 Å². The second kappa shape index (κ2) is 6.66. The van der Waals surface area contributed by atoms with Gasteiger partial charge in [-0.1, -0.05) is 30.3 Å². The molecule has 2 N–H and O–H groups in total. The lowest BCUT2D eigenvalue weighted by atomic mass is 10.0. The van der Waals surface area contributed by atoms with E-state index in [1.807, 2.05) is 48.7 Å². The molecule has 0 radical (unpaired) electrons. The molecule has 0 fully saturated rings. The van der Waals surface area contributed by atoms with Crippen molar-refractivity contribution in [1.82, 2.24) is 4.57 Å². The molecule has 0 aliphatic carbocycles. The quantitative estimate of drug-likeness (QED) is 0.761. The van der Waals surface area contributed by atoms with Gasteiger partial charge < -0.3 is 14.8 Å². The highest BCUT2D eigenvalue weighted by Gasteiger charge is 2.13. The normalized spacial score (nSPS) is 11.0. The molecule has 116 valence electrons. The number of hydrogen-bond donors (Lipinski definition) is 2. The van der Waals surface area contributed by atoms with Crippen molar-refractivity contribution < 1.29 is 10.2 Å². The molecule has 0 saturated carbocycles. The zero-order valence-corrected chi connectivity index (χ0v) is 12.7. The minimum absolute atomic E-state index is 0.0533. The maximum Gasteiger partial charge on any atom is 0.0991 e. The van der Waals surface area contributed by atoms with E-state index in [1.54, 1.807) is 6.07 Å². The van der Waals surface area contributed by atoms with Crippen LogP contribution in [0.1, 0.15) is 5.56 Å². The molecule has 0 aliphatic heterocycles. The van der Waals surface area contributed by atoms with Gasteiger partial charge in [-0.15, -0.1) is 0 Å². The van der Waals surface area contributed by atoms with Crippen molar-refractivity contribution in [3.05, 3.63) is 60.3 Å². The number of nitrogens with zero attached hydrogens (tertiary/aromatic N) is 2. The molecule has 3 aromatic rings. The van der Waals surface area contributed by atoms with Crippen LogP contribution in [0.5, 0.6) is 0 Å². The monoisotopic (exact) mass is 306 g/mol. The molecule has 2 aromatic carbocycles. The molecular formula is C19H18N2O2. The molecule has 23 heavy (non-hydrogen) atoms. The van der Waals surface area contributed by atoms with Gasteiger partial charge in [0, 0.05) is 48.3 Å². The maximum atomic E-state index is 9.34. The molecule has 0 aliphatic rings. The Morgan fingerprint density at radius 3 is 2.57 bits per heavy atom. The molecular weight excluding hydrogens is 288 g/mol. The highest BCUT2D eigenvalue weighted by Crippen LogP contribution is 2.31. The van der Waals surface area contributed by atoms with Crippen LogP contribution in [0, 0.1) is 17.2 Å². The van der Waals surface area contributed by atoms with E-state index in [4.69, 9.17) is 5.26 Å². The summed E-state index contributed by atoms with van der Waals surface area (Å²) in [6.45, 7) is 0.440. The van der Waals surface area contributed by atoms with E-state index >= 15 is 0 Å². The first-order chi connectivity index (χ1) is 11.3. The Hall–Kier alpha value is -2.61. The molecule has 1 heterocycles. The van der Waals surface area contributed by atoms with E-state index < -0.39 is 0 Å². The van der Waals surface area contributed by atoms with Gasteiger partial charge in [0.2, 0.25) is 0 Å². The summed E-state index contributed by atoms with van der Waals surface area (Å²) in [7, 11) is 0. The average molecular weight is 306 g/mol. The fourth-order valence-electron chi connectivity index (χ4n) is 2.84. The van der Waals surface area contributed by atoms with Crippen LogP contribution in [0.4, 0.5) is 0 Å². The smallest absolute Gasteiger partial charge is 0.0991 e. The standard InChI is InChI=1S/C19H18N2O2/c20-9-14-4-3-5-16(8-14)18-11-21(10-15(12-22)13-23)19-7-2-1-6-17(18)19/h1-8,11,15,22-23H,10,12-13H2. The molecule has 3 rings (SSSR count). The Bertz CT molecular complexity index is 857. The molecule has 4 heteroatoms. The van der Waals surface area contributed by atoms with Gasteiger partial charge in [-0.3, -0.25) is 0 Å². The summed E-state index contributed by atoms with van der Waals surface area (Å²) in [5, 5.41) is 28.9. The van der Waals surface area contributed by atoms with Gasteiger partial charge in [0.1, 0.15) is 0 Å². The van der Waals surface area contributed by atoms with Gasteiger partial charge in [-0.25, -0.2) is 0 Å².